The van der Waals surface area contributed by atoms with E-state index in [2.05, 4.69) is 0 Å². The zero-order chi connectivity index (χ0) is 15.0. The zero-order valence-electron chi connectivity index (χ0n) is 11.6. The fourth-order valence-electron chi connectivity index (χ4n) is 1.98. The van der Waals surface area contributed by atoms with Crippen LogP contribution in [-0.2, 0) is 0 Å². The normalized spacial score (nSPS) is 13.2. The third-order valence-corrected chi connectivity index (χ3v) is 3.17. The second kappa shape index (κ2) is 8.02. The van der Waals surface area contributed by atoms with Crippen LogP contribution in [0.15, 0.2) is 24.3 Å². The summed E-state index contributed by atoms with van der Waals surface area (Å²) >= 11 is 0. The fourth-order valence-corrected chi connectivity index (χ4v) is 1.98. The molecule has 0 bridgehead atoms. The lowest BCUT2D eigenvalue weighted by Crippen LogP contribution is -2.23. The van der Waals surface area contributed by atoms with E-state index in [0.717, 1.165) is 6.42 Å². The van der Waals surface area contributed by atoms with E-state index in [1.54, 1.807) is 12.1 Å². The Kier molecular flexibility index (Phi) is 6.68. The van der Waals surface area contributed by atoms with Gasteiger partial charge in [-0.2, -0.15) is 13.2 Å². The molecule has 1 unspecified atom stereocenters. The number of aromatic hydroxyl groups is 1. The highest BCUT2D eigenvalue weighted by Crippen LogP contribution is 2.33. The Morgan fingerprint density at radius 2 is 1.70 bits per heavy atom. The molecule has 0 saturated heterocycles. The lowest BCUT2D eigenvalue weighted by molar-refractivity contribution is -0.178. The average molecular weight is 290 g/mol. The van der Waals surface area contributed by atoms with Crippen molar-refractivity contribution in [3.8, 4) is 11.5 Å². The van der Waals surface area contributed by atoms with Gasteiger partial charge in [0.15, 0.2) is 0 Å². The van der Waals surface area contributed by atoms with E-state index >= 15 is 0 Å². The highest BCUT2D eigenvalue weighted by atomic mass is 19.4. The Bertz CT molecular complexity index is 374. The predicted octanol–water partition coefficient (Wildman–Crippen LogP) is 4.92. The van der Waals surface area contributed by atoms with Crippen molar-refractivity contribution in [1.82, 2.24) is 0 Å². The van der Waals surface area contributed by atoms with Crippen molar-refractivity contribution >= 4 is 0 Å². The Hall–Kier alpha value is -1.39. The number of ether oxygens (including phenoxy) is 1. The van der Waals surface area contributed by atoms with Crippen LogP contribution in [0, 0.1) is 5.92 Å². The Morgan fingerprint density at radius 3 is 2.25 bits per heavy atom. The van der Waals surface area contributed by atoms with Crippen LogP contribution in [0.5, 0.6) is 11.5 Å². The summed E-state index contributed by atoms with van der Waals surface area (Å²) in [4.78, 5) is 0. The van der Waals surface area contributed by atoms with Crippen molar-refractivity contribution < 1.29 is 23.0 Å². The number of rotatable bonds is 8. The molecule has 0 aliphatic carbocycles. The first-order valence-electron chi connectivity index (χ1n) is 6.92. The van der Waals surface area contributed by atoms with Gasteiger partial charge in [-0.1, -0.05) is 19.8 Å². The van der Waals surface area contributed by atoms with E-state index in [-0.39, 0.29) is 25.2 Å². The van der Waals surface area contributed by atoms with E-state index in [0.29, 0.717) is 18.6 Å². The molecule has 1 rings (SSSR count). The summed E-state index contributed by atoms with van der Waals surface area (Å²) in [6, 6.07) is 6.14. The monoisotopic (exact) mass is 290 g/mol. The summed E-state index contributed by atoms with van der Waals surface area (Å²) in [7, 11) is 0. The van der Waals surface area contributed by atoms with Crippen molar-refractivity contribution in [3.63, 3.8) is 0 Å². The smallest absolute Gasteiger partial charge is 0.391 e. The van der Waals surface area contributed by atoms with Crippen molar-refractivity contribution in [2.45, 2.75) is 45.2 Å². The lowest BCUT2D eigenvalue weighted by Gasteiger charge is -2.20. The van der Waals surface area contributed by atoms with Crippen molar-refractivity contribution in [2.75, 3.05) is 6.61 Å². The van der Waals surface area contributed by atoms with Gasteiger partial charge in [-0.05, 0) is 43.5 Å². The second-order valence-corrected chi connectivity index (χ2v) is 4.87. The van der Waals surface area contributed by atoms with Gasteiger partial charge in [-0.3, -0.25) is 0 Å². The first-order chi connectivity index (χ1) is 9.43. The molecule has 0 aromatic heterocycles. The van der Waals surface area contributed by atoms with Crippen LogP contribution in [0.3, 0.4) is 0 Å². The maximum absolute atomic E-state index is 12.8. The molecular formula is C15H21F3O2. The largest absolute Gasteiger partial charge is 0.508 e. The molecule has 0 aliphatic heterocycles. The van der Waals surface area contributed by atoms with Gasteiger partial charge in [-0.25, -0.2) is 0 Å². The molecule has 0 aliphatic rings. The average Bonchev–Trinajstić information content (AvgIpc) is 2.38. The van der Waals surface area contributed by atoms with E-state index in [1.165, 1.54) is 12.1 Å². The molecule has 0 spiro atoms. The minimum Gasteiger partial charge on any atom is -0.508 e. The number of alkyl halides is 3. The molecule has 1 aromatic rings. The number of hydrogen-bond donors (Lipinski definition) is 1. The second-order valence-electron chi connectivity index (χ2n) is 4.87. The Labute approximate surface area is 117 Å². The van der Waals surface area contributed by atoms with Gasteiger partial charge >= 0.3 is 6.18 Å². The number of unbranched alkanes of at least 4 members (excludes halogenated alkanes) is 1. The summed E-state index contributed by atoms with van der Waals surface area (Å²) in [5.74, 6) is -0.542. The van der Waals surface area contributed by atoms with Crippen LogP contribution in [0.1, 0.15) is 39.0 Å². The molecule has 1 atom stereocenters. The van der Waals surface area contributed by atoms with E-state index in [4.69, 9.17) is 9.84 Å². The van der Waals surface area contributed by atoms with Crippen LogP contribution >= 0.6 is 0 Å². The van der Waals surface area contributed by atoms with Gasteiger partial charge < -0.3 is 9.84 Å². The van der Waals surface area contributed by atoms with E-state index < -0.39 is 12.1 Å². The third kappa shape index (κ3) is 6.17. The minimum atomic E-state index is -4.12. The van der Waals surface area contributed by atoms with Crippen molar-refractivity contribution in [2.24, 2.45) is 5.92 Å². The SMILES string of the molecule is CCCCC(CCCOc1ccc(O)cc1)C(F)(F)F. The summed E-state index contributed by atoms with van der Waals surface area (Å²) in [5, 5.41) is 9.09. The van der Waals surface area contributed by atoms with Gasteiger partial charge in [0.2, 0.25) is 0 Å². The summed E-state index contributed by atoms with van der Waals surface area (Å²) in [5.41, 5.74) is 0. The minimum absolute atomic E-state index is 0.0988. The van der Waals surface area contributed by atoms with Crippen LogP contribution < -0.4 is 4.74 Å². The Morgan fingerprint density at radius 1 is 1.10 bits per heavy atom. The molecule has 0 saturated carbocycles. The topological polar surface area (TPSA) is 29.5 Å². The molecule has 0 amide bonds. The number of phenols is 1. The quantitative estimate of drug-likeness (QED) is 0.689. The first kappa shape index (κ1) is 16.7. The number of halogens is 3. The highest BCUT2D eigenvalue weighted by molar-refractivity contribution is 5.29. The maximum Gasteiger partial charge on any atom is 0.391 e. The third-order valence-electron chi connectivity index (χ3n) is 3.17. The number of benzene rings is 1. The molecule has 2 nitrogen and oxygen atoms in total. The number of hydrogen-bond acceptors (Lipinski definition) is 2. The van der Waals surface area contributed by atoms with Crippen molar-refractivity contribution in [1.29, 1.82) is 0 Å². The molecule has 5 heteroatoms. The summed E-state index contributed by atoms with van der Waals surface area (Å²) in [6.45, 7) is 2.14. The van der Waals surface area contributed by atoms with E-state index in [1.807, 2.05) is 6.92 Å². The van der Waals surface area contributed by atoms with Crippen LogP contribution in [0.4, 0.5) is 13.2 Å². The molecular weight excluding hydrogens is 269 g/mol. The maximum atomic E-state index is 12.8. The highest BCUT2D eigenvalue weighted by Gasteiger charge is 2.38. The number of phenolic OH excluding ortho intramolecular Hbond substituents is 1. The van der Waals surface area contributed by atoms with Gasteiger partial charge in [0.1, 0.15) is 11.5 Å². The molecule has 0 radical (unpaired) electrons. The lowest BCUT2D eigenvalue weighted by atomic mass is 9.96. The molecule has 1 aromatic carbocycles. The summed E-state index contributed by atoms with van der Waals surface area (Å²) < 4.78 is 43.7. The molecule has 114 valence electrons. The standard InChI is InChI=1S/C15H21F3O2/c1-2-3-5-12(15(16,17)18)6-4-11-20-14-9-7-13(19)8-10-14/h7-10,12,19H,2-6,11H2,1H3. The van der Waals surface area contributed by atoms with Gasteiger partial charge in [0.25, 0.3) is 0 Å². The van der Waals surface area contributed by atoms with Gasteiger partial charge in [-0.15, -0.1) is 0 Å². The van der Waals surface area contributed by atoms with E-state index in [9.17, 15) is 13.2 Å². The zero-order valence-corrected chi connectivity index (χ0v) is 11.6. The molecule has 0 heterocycles. The molecule has 20 heavy (non-hydrogen) atoms. The van der Waals surface area contributed by atoms with Crippen molar-refractivity contribution in [3.05, 3.63) is 24.3 Å². The van der Waals surface area contributed by atoms with Gasteiger partial charge in [0, 0.05) is 0 Å². The van der Waals surface area contributed by atoms with Crippen LogP contribution in [-0.4, -0.2) is 17.9 Å². The fraction of sp³-hybridized carbons (Fsp3) is 0.600. The summed E-state index contributed by atoms with van der Waals surface area (Å²) in [6.07, 6.45) is -2.08. The van der Waals surface area contributed by atoms with Crippen LogP contribution in [0.2, 0.25) is 0 Å². The molecule has 1 N–H and O–H groups in total. The Balaban J connectivity index is 2.31. The molecule has 0 fully saturated rings. The predicted molar refractivity (Wildman–Crippen MR) is 71.9 cm³/mol. The van der Waals surface area contributed by atoms with Crippen LogP contribution in [0.25, 0.3) is 0 Å². The van der Waals surface area contributed by atoms with Gasteiger partial charge in [0.05, 0.1) is 12.5 Å². The first-order valence-corrected chi connectivity index (χ1v) is 6.92.